The van der Waals surface area contributed by atoms with Gasteiger partial charge in [0, 0.05) is 6.42 Å². The molecule has 4 N–H and O–H groups in total. The maximum absolute atomic E-state index is 12.6. The molecule has 0 aliphatic carbocycles. The Kier molecular flexibility index (Phi) is 9.08. The van der Waals surface area contributed by atoms with Gasteiger partial charge in [0.25, 0.3) is 0 Å². The fraction of sp³-hybridized carbons (Fsp3) is 0.273. The first kappa shape index (κ1) is 23.9. The molecule has 0 aromatic heterocycles. The number of amides is 2. The van der Waals surface area contributed by atoms with Gasteiger partial charge in [0.1, 0.15) is 12.1 Å². The zero-order chi connectivity index (χ0) is 22.8. The van der Waals surface area contributed by atoms with Crippen molar-refractivity contribution in [3.8, 4) is 0 Å². The van der Waals surface area contributed by atoms with Crippen LogP contribution in [0.25, 0.3) is 0 Å². The van der Waals surface area contributed by atoms with Crippen LogP contribution < -0.4 is 10.6 Å². The maximum Gasteiger partial charge on any atom is 0.326 e. The van der Waals surface area contributed by atoms with Crippen molar-refractivity contribution in [2.24, 2.45) is 0 Å². The minimum absolute atomic E-state index is 0.0127. The standard InChI is InChI=1S/C22H24N2O6S/c25-19(26)13-16(23-21(28)18(31)12-15-9-5-2-6-10-15)20(27)24-17(22(29)30)11-14-7-3-1-4-8-14/h1-10,16-18,31H,11-13H2,(H,23,28)(H,24,27)(H,25,26)(H,29,30). The number of nitrogens with one attached hydrogen (secondary N) is 2. The third kappa shape index (κ3) is 8.13. The average Bonchev–Trinajstić information content (AvgIpc) is 2.73. The number of carbonyl (C=O) groups excluding carboxylic acids is 2. The van der Waals surface area contributed by atoms with E-state index in [-0.39, 0.29) is 12.8 Å². The smallest absolute Gasteiger partial charge is 0.326 e. The normalized spacial score (nSPS) is 13.5. The molecule has 0 heterocycles. The lowest BCUT2D eigenvalue weighted by molar-refractivity contribution is -0.143. The van der Waals surface area contributed by atoms with Gasteiger partial charge < -0.3 is 20.8 Å². The molecule has 2 amide bonds. The van der Waals surface area contributed by atoms with Crippen LogP contribution in [0.15, 0.2) is 60.7 Å². The lowest BCUT2D eigenvalue weighted by atomic mass is 10.0. The summed E-state index contributed by atoms with van der Waals surface area (Å²) in [7, 11) is 0. The summed E-state index contributed by atoms with van der Waals surface area (Å²) in [5.41, 5.74) is 1.54. The second-order valence-electron chi connectivity index (χ2n) is 6.95. The van der Waals surface area contributed by atoms with Crippen molar-refractivity contribution >= 4 is 36.4 Å². The summed E-state index contributed by atoms with van der Waals surface area (Å²) >= 11 is 4.25. The maximum atomic E-state index is 12.6. The van der Waals surface area contributed by atoms with Crippen molar-refractivity contribution in [2.75, 3.05) is 0 Å². The summed E-state index contributed by atoms with van der Waals surface area (Å²) in [5.74, 6) is -4.09. The molecule has 2 rings (SSSR count). The summed E-state index contributed by atoms with van der Waals surface area (Å²) in [4.78, 5) is 47.9. The number of carboxylic acids is 2. The van der Waals surface area contributed by atoms with E-state index in [9.17, 15) is 24.3 Å². The van der Waals surface area contributed by atoms with Crippen LogP contribution in [0.1, 0.15) is 17.5 Å². The quantitative estimate of drug-likeness (QED) is 0.332. The molecule has 8 nitrogen and oxygen atoms in total. The van der Waals surface area contributed by atoms with Gasteiger partial charge in [-0.2, -0.15) is 12.6 Å². The van der Waals surface area contributed by atoms with E-state index in [2.05, 4.69) is 23.3 Å². The molecule has 9 heteroatoms. The van der Waals surface area contributed by atoms with Crippen molar-refractivity contribution in [3.05, 3.63) is 71.8 Å². The Balaban J connectivity index is 2.05. The number of carbonyl (C=O) groups is 4. The Morgan fingerprint density at radius 1 is 0.742 bits per heavy atom. The van der Waals surface area contributed by atoms with E-state index in [1.165, 1.54) is 0 Å². The van der Waals surface area contributed by atoms with Crippen molar-refractivity contribution < 1.29 is 29.4 Å². The summed E-state index contributed by atoms with van der Waals surface area (Å²) in [5, 5.41) is 22.5. The Morgan fingerprint density at radius 2 is 1.23 bits per heavy atom. The van der Waals surface area contributed by atoms with Gasteiger partial charge >= 0.3 is 11.9 Å². The monoisotopic (exact) mass is 444 g/mol. The highest BCUT2D eigenvalue weighted by Crippen LogP contribution is 2.09. The molecule has 2 aromatic carbocycles. The molecule has 0 aliphatic heterocycles. The number of carboxylic acid groups (broad SMARTS) is 2. The fourth-order valence-electron chi connectivity index (χ4n) is 2.90. The lowest BCUT2D eigenvalue weighted by Crippen LogP contribution is -2.54. The Bertz CT molecular complexity index is 907. The molecule has 0 fully saturated rings. The Hall–Kier alpha value is -3.33. The summed E-state index contributed by atoms with van der Waals surface area (Å²) < 4.78 is 0. The van der Waals surface area contributed by atoms with Gasteiger partial charge in [-0.05, 0) is 17.5 Å². The van der Waals surface area contributed by atoms with Crippen molar-refractivity contribution in [3.63, 3.8) is 0 Å². The Morgan fingerprint density at radius 3 is 1.71 bits per heavy atom. The molecule has 3 atom stereocenters. The topological polar surface area (TPSA) is 133 Å². The van der Waals surface area contributed by atoms with Crippen LogP contribution in [0.3, 0.4) is 0 Å². The van der Waals surface area contributed by atoms with Crippen molar-refractivity contribution in [1.29, 1.82) is 0 Å². The molecule has 0 spiro atoms. The number of aliphatic carboxylic acids is 2. The molecule has 0 radical (unpaired) electrons. The van der Waals surface area contributed by atoms with Crippen LogP contribution in [0.5, 0.6) is 0 Å². The Labute approximate surface area is 185 Å². The van der Waals surface area contributed by atoms with E-state index in [0.717, 1.165) is 5.56 Å². The summed E-state index contributed by atoms with van der Waals surface area (Å²) in [6.45, 7) is 0. The molecule has 164 valence electrons. The van der Waals surface area contributed by atoms with Crippen LogP contribution in [-0.4, -0.2) is 51.3 Å². The second kappa shape index (κ2) is 11.8. The van der Waals surface area contributed by atoms with Crippen LogP contribution in [0.4, 0.5) is 0 Å². The molecule has 0 aliphatic rings. The average molecular weight is 445 g/mol. The van der Waals surface area contributed by atoms with E-state index < -0.39 is 47.5 Å². The first-order valence-electron chi connectivity index (χ1n) is 9.57. The van der Waals surface area contributed by atoms with Crippen LogP contribution in [0, 0.1) is 0 Å². The third-order valence-electron chi connectivity index (χ3n) is 4.48. The van der Waals surface area contributed by atoms with E-state index in [1.54, 1.807) is 30.3 Å². The van der Waals surface area contributed by atoms with Gasteiger partial charge in [0.2, 0.25) is 11.8 Å². The predicted molar refractivity (Wildman–Crippen MR) is 117 cm³/mol. The van der Waals surface area contributed by atoms with Gasteiger partial charge in [-0.15, -0.1) is 0 Å². The van der Waals surface area contributed by atoms with Gasteiger partial charge in [0.05, 0.1) is 11.7 Å². The summed E-state index contributed by atoms with van der Waals surface area (Å²) in [6.07, 6.45) is -0.400. The van der Waals surface area contributed by atoms with Gasteiger partial charge in [-0.25, -0.2) is 4.79 Å². The number of hydrogen-bond acceptors (Lipinski definition) is 5. The highest BCUT2D eigenvalue weighted by atomic mass is 32.1. The van der Waals surface area contributed by atoms with Gasteiger partial charge in [-0.3, -0.25) is 14.4 Å². The first-order chi connectivity index (χ1) is 14.8. The SMILES string of the molecule is O=C(O)CC(NC(=O)C(S)Cc1ccccc1)C(=O)NC(Cc1ccccc1)C(=O)O. The molecule has 2 aromatic rings. The zero-order valence-electron chi connectivity index (χ0n) is 16.6. The van der Waals surface area contributed by atoms with Crippen LogP contribution in [0.2, 0.25) is 0 Å². The number of benzene rings is 2. The minimum atomic E-state index is -1.44. The molecule has 0 bridgehead atoms. The highest BCUT2D eigenvalue weighted by Gasteiger charge is 2.29. The minimum Gasteiger partial charge on any atom is -0.481 e. The van der Waals surface area contributed by atoms with Crippen molar-refractivity contribution in [1.82, 2.24) is 10.6 Å². The summed E-state index contributed by atoms with van der Waals surface area (Å²) in [6, 6.07) is 15.1. The number of hydrogen-bond donors (Lipinski definition) is 5. The number of thiol groups is 1. The van der Waals surface area contributed by atoms with Crippen molar-refractivity contribution in [2.45, 2.75) is 36.6 Å². The van der Waals surface area contributed by atoms with Crippen LogP contribution >= 0.6 is 12.6 Å². The van der Waals surface area contributed by atoms with Gasteiger partial charge in [-0.1, -0.05) is 60.7 Å². The molecule has 31 heavy (non-hydrogen) atoms. The molecular weight excluding hydrogens is 420 g/mol. The van der Waals surface area contributed by atoms with E-state index in [1.807, 2.05) is 30.3 Å². The van der Waals surface area contributed by atoms with E-state index in [4.69, 9.17) is 5.11 Å². The predicted octanol–water partition coefficient (Wildman–Crippen LogP) is 1.30. The molecular formula is C22H24N2O6S. The molecule has 0 saturated carbocycles. The van der Waals surface area contributed by atoms with Gasteiger partial charge in [0.15, 0.2) is 0 Å². The lowest BCUT2D eigenvalue weighted by Gasteiger charge is -2.22. The molecule has 3 unspecified atom stereocenters. The highest BCUT2D eigenvalue weighted by molar-refractivity contribution is 7.81. The number of rotatable bonds is 11. The zero-order valence-corrected chi connectivity index (χ0v) is 17.5. The largest absolute Gasteiger partial charge is 0.481 e. The first-order valence-corrected chi connectivity index (χ1v) is 10.1. The molecule has 0 saturated heterocycles. The second-order valence-corrected chi connectivity index (χ2v) is 7.58. The van der Waals surface area contributed by atoms with E-state index in [0.29, 0.717) is 5.56 Å². The van der Waals surface area contributed by atoms with E-state index >= 15 is 0 Å². The van der Waals surface area contributed by atoms with Crippen LogP contribution in [-0.2, 0) is 32.0 Å². The third-order valence-corrected chi connectivity index (χ3v) is 4.90. The fourth-order valence-corrected chi connectivity index (χ4v) is 3.19.